The standard InChI is InChI=1S/C20H19N3O4/c1-3-16-12(2)17-9-6-14(11-18(17)22-20(16)25)21-19(24)10-13-4-7-15(8-5-13)23(26)27/h4-9,11H,3,10H2,1-2H3,(H,21,24)(H,22,25). The first-order valence-corrected chi connectivity index (χ1v) is 8.57. The van der Waals surface area contributed by atoms with Crippen molar-refractivity contribution in [3.8, 4) is 0 Å². The van der Waals surface area contributed by atoms with Gasteiger partial charge >= 0.3 is 0 Å². The molecule has 3 aromatic rings. The van der Waals surface area contributed by atoms with E-state index >= 15 is 0 Å². The van der Waals surface area contributed by atoms with Crippen molar-refractivity contribution in [2.24, 2.45) is 0 Å². The van der Waals surface area contributed by atoms with Crippen LogP contribution in [-0.4, -0.2) is 15.8 Å². The van der Waals surface area contributed by atoms with Crippen LogP contribution in [0.4, 0.5) is 11.4 Å². The largest absolute Gasteiger partial charge is 0.326 e. The molecule has 0 aliphatic rings. The minimum absolute atomic E-state index is 0.0144. The molecule has 0 saturated carbocycles. The number of carbonyl (C=O) groups is 1. The molecule has 0 bridgehead atoms. The number of hydrogen-bond acceptors (Lipinski definition) is 4. The second-order valence-electron chi connectivity index (χ2n) is 6.32. The van der Waals surface area contributed by atoms with Crippen molar-refractivity contribution in [3.05, 3.63) is 79.6 Å². The van der Waals surface area contributed by atoms with E-state index in [1.807, 2.05) is 19.9 Å². The van der Waals surface area contributed by atoms with Crippen LogP contribution in [0.3, 0.4) is 0 Å². The number of aromatic amines is 1. The molecule has 0 radical (unpaired) electrons. The number of pyridine rings is 1. The van der Waals surface area contributed by atoms with Crippen LogP contribution < -0.4 is 10.9 Å². The summed E-state index contributed by atoms with van der Waals surface area (Å²) in [6.07, 6.45) is 0.755. The Morgan fingerprint density at radius 1 is 1.19 bits per heavy atom. The molecular formula is C20H19N3O4. The maximum atomic E-state index is 12.3. The summed E-state index contributed by atoms with van der Waals surface area (Å²) in [4.78, 5) is 37.4. The van der Waals surface area contributed by atoms with Crippen LogP contribution in [0, 0.1) is 17.0 Å². The Bertz CT molecular complexity index is 1080. The molecule has 1 heterocycles. The number of aryl methyl sites for hydroxylation is 1. The van der Waals surface area contributed by atoms with E-state index in [9.17, 15) is 19.7 Å². The number of anilines is 1. The van der Waals surface area contributed by atoms with Gasteiger partial charge in [0.1, 0.15) is 0 Å². The van der Waals surface area contributed by atoms with E-state index in [4.69, 9.17) is 0 Å². The zero-order valence-corrected chi connectivity index (χ0v) is 15.0. The highest BCUT2D eigenvalue weighted by Gasteiger charge is 2.10. The van der Waals surface area contributed by atoms with E-state index in [2.05, 4.69) is 10.3 Å². The number of benzene rings is 2. The predicted molar refractivity (Wildman–Crippen MR) is 104 cm³/mol. The summed E-state index contributed by atoms with van der Waals surface area (Å²) in [5.41, 5.74) is 3.50. The molecule has 7 heteroatoms. The number of aromatic nitrogens is 1. The van der Waals surface area contributed by atoms with Crippen molar-refractivity contribution in [3.63, 3.8) is 0 Å². The first-order valence-electron chi connectivity index (χ1n) is 8.57. The van der Waals surface area contributed by atoms with Crippen molar-refractivity contribution in [2.75, 3.05) is 5.32 Å². The maximum absolute atomic E-state index is 12.3. The number of nitrogens with one attached hydrogen (secondary N) is 2. The monoisotopic (exact) mass is 365 g/mol. The Kier molecular flexibility index (Phi) is 5.03. The molecule has 1 aromatic heterocycles. The number of non-ortho nitro benzene ring substituents is 1. The summed E-state index contributed by atoms with van der Waals surface area (Å²) in [7, 11) is 0. The number of nitro benzene ring substituents is 1. The smallest absolute Gasteiger partial charge is 0.269 e. The summed E-state index contributed by atoms with van der Waals surface area (Å²) in [6, 6.07) is 11.3. The molecule has 3 rings (SSSR count). The second kappa shape index (κ2) is 7.41. The highest BCUT2D eigenvalue weighted by molar-refractivity contribution is 5.95. The summed E-state index contributed by atoms with van der Waals surface area (Å²) in [5.74, 6) is -0.243. The molecule has 2 N–H and O–H groups in total. The zero-order valence-electron chi connectivity index (χ0n) is 15.0. The third kappa shape index (κ3) is 3.87. The first-order chi connectivity index (χ1) is 12.9. The Morgan fingerprint density at radius 3 is 2.52 bits per heavy atom. The number of amides is 1. The van der Waals surface area contributed by atoms with Gasteiger partial charge in [-0.2, -0.15) is 0 Å². The van der Waals surface area contributed by atoms with Gasteiger partial charge in [-0.05, 0) is 36.6 Å². The molecule has 138 valence electrons. The molecule has 0 fully saturated rings. The van der Waals surface area contributed by atoms with Gasteiger partial charge in [0.2, 0.25) is 5.91 Å². The van der Waals surface area contributed by atoms with E-state index in [-0.39, 0.29) is 23.6 Å². The van der Waals surface area contributed by atoms with Crippen LogP contribution in [0.5, 0.6) is 0 Å². The highest BCUT2D eigenvalue weighted by atomic mass is 16.6. The van der Waals surface area contributed by atoms with E-state index in [1.165, 1.54) is 12.1 Å². The molecular weight excluding hydrogens is 346 g/mol. The molecule has 0 atom stereocenters. The lowest BCUT2D eigenvalue weighted by Gasteiger charge is -2.10. The minimum atomic E-state index is -0.481. The lowest BCUT2D eigenvalue weighted by atomic mass is 10.0. The Morgan fingerprint density at radius 2 is 1.89 bits per heavy atom. The van der Waals surface area contributed by atoms with Gasteiger partial charge in [0.25, 0.3) is 11.2 Å². The van der Waals surface area contributed by atoms with Crippen molar-refractivity contribution in [1.29, 1.82) is 0 Å². The van der Waals surface area contributed by atoms with Crippen LogP contribution in [0.15, 0.2) is 47.3 Å². The SMILES string of the molecule is CCc1c(C)c2ccc(NC(=O)Cc3ccc([N+](=O)[O-])cc3)cc2[nH]c1=O. The third-order valence-corrected chi connectivity index (χ3v) is 4.55. The van der Waals surface area contributed by atoms with Gasteiger partial charge in [0.05, 0.1) is 16.9 Å². The predicted octanol–water partition coefficient (Wildman–Crippen LogP) is 3.49. The Labute approximate surface area is 155 Å². The lowest BCUT2D eigenvalue weighted by Crippen LogP contribution is -2.16. The van der Waals surface area contributed by atoms with Crippen molar-refractivity contribution < 1.29 is 9.72 Å². The molecule has 0 saturated heterocycles. The molecule has 1 amide bonds. The van der Waals surface area contributed by atoms with E-state index in [1.54, 1.807) is 24.3 Å². The zero-order chi connectivity index (χ0) is 19.6. The van der Waals surface area contributed by atoms with Crippen molar-refractivity contribution >= 4 is 28.2 Å². The number of fused-ring (bicyclic) bond motifs is 1. The van der Waals surface area contributed by atoms with Crippen LogP contribution in [0.25, 0.3) is 10.9 Å². The molecule has 7 nitrogen and oxygen atoms in total. The van der Waals surface area contributed by atoms with Gasteiger partial charge < -0.3 is 10.3 Å². The van der Waals surface area contributed by atoms with Crippen LogP contribution >= 0.6 is 0 Å². The maximum Gasteiger partial charge on any atom is 0.269 e. The second-order valence-corrected chi connectivity index (χ2v) is 6.32. The number of carbonyl (C=O) groups excluding carboxylic acids is 1. The Hall–Kier alpha value is -3.48. The number of H-pyrrole nitrogens is 1. The molecule has 0 aliphatic heterocycles. The van der Waals surface area contributed by atoms with E-state index < -0.39 is 4.92 Å². The van der Waals surface area contributed by atoms with Crippen molar-refractivity contribution in [1.82, 2.24) is 4.98 Å². The molecule has 27 heavy (non-hydrogen) atoms. The van der Waals surface area contributed by atoms with Gasteiger partial charge in [0, 0.05) is 28.8 Å². The fourth-order valence-corrected chi connectivity index (χ4v) is 3.13. The number of hydrogen-bond donors (Lipinski definition) is 2. The van der Waals surface area contributed by atoms with Crippen molar-refractivity contribution in [2.45, 2.75) is 26.7 Å². The van der Waals surface area contributed by atoms with E-state index in [0.29, 0.717) is 23.2 Å². The summed E-state index contributed by atoms with van der Waals surface area (Å²) < 4.78 is 0. The van der Waals surface area contributed by atoms with Gasteiger partial charge in [-0.15, -0.1) is 0 Å². The van der Waals surface area contributed by atoms with Gasteiger partial charge in [-0.25, -0.2) is 0 Å². The minimum Gasteiger partial charge on any atom is -0.326 e. The number of rotatable bonds is 5. The summed E-state index contributed by atoms with van der Waals surface area (Å²) in [6.45, 7) is 3.86. The number of nitrogens with zero attached hydrogens (tertiary/aromatic N) is 1. The van der Waals surface area contributed by atoms with Gasteiger partial charge in [-0.3, -0.25) is 19.7 Å². The van der Waals surface area contributed by atoms with Crippen LogP contribution in [0.1, 0.15) is 23.6 Å². The average Bonchev–Trinajstić information content (AvgIpc) is 2.62. The lowest BCUT2D eigenvalue weighted by molar-refractivity contribution is -0.384. The fraction of sp³-hybridized carbons (Fsp3) is 0.200. The van der Waals surface area contributed by atoms with E-state index in [0.717, 1.165) is 16.5 Å². The molecule has 0 unspecified atom stereocenters. The topological polar surface area (TPSA) is 105 Å². The first kappa shape index (κ1) is 18.3. The fourth-order valence-electron chi connectivity index (χ4n) is 3.13. The van der Waals surface area contributed by atoms with Crippen LogP contribution in [0.2, 0.25) is 0 Å². The van der Waals surface area contributed by atoms with Gasteiger partial charge in [-0.1, -0.05) is 25.1 Å². The molecule has 2 aromatic carbocycles. The molecule has 0 spiro atoms. The Balaban J connectivity index is 1.78. The van der Waals surface area contributed by atoms with Crippen LogP contribution in [-0.2, 0) is 17.6 Å². The quantitative estimate of drug-likeness (QED) is 0.533. The number of nitro groups is 1. The summed E-state index contributed by atoms with van der Waals surface area (Å²) >= 11 is 0. The third-order valence-electron chi connectivity index (χ3n) is 4.55. The summed E-state index contributed by atoms with van der Waals surface area (Å²) in [5, 5.41) is 14.4. The highest BCUT2D eigenvalue weighted by Crippen LogP contribution is 2.22. The normalized spacial score (nSPS) is 10.7. The van der Waals surface area contributed by atoms with Gasteiger partial charge in [0.15, 0.2) is 0 Å². The molecule has 0 aliphatic carbocycles. The average molecular weight is 365 g/mol.